The maximum atomic E-state index is 13.2. The quantitative estimate of drug-likeness (QED) is 0.617. The van der Waals surface area contributed by atoms with Crippen LogP contribution in [0.4, 0.5) is 9.18 Å². The molecule has 4 rings (SSSR count). The van der Waals surface area contributed by atoms with E-state index in [4.69, 9.17) is 0 Å². The summed E-state index contributed by atoms with van der Waals surface area (Å²) in [6, 6.07) is 16.6. The Labute approximate surface area is 176 Å². The lowest BCUT2D eigenvalue weighted by molar-refractivity contribution is 0.239. The number of urea groups is 1. The van der Waals surface area contributed by atoms with E-state index in [2.05, 4.69) is 27.9 Å². The van der Waals surface area contributed by atoms with Gasteiger partial charge in [0.25, 0.3) is 0 Å². The van der Waals surface area contributed by atoms with Gasteiger partial charge >= 0.3 is 6.03 Å². The summed E-state index contributed by atoms with van der Waals surface area (Å²) in [6.45, 7) is 5.69. The number of nitrogens with zero attached hydrogens (tertiary/aromatic N) is 2. The molecule has 0 bridgehead atoms. The number of benzene rings is 2. The van der Waals surface area contributed by atoms with Crippen LogP contribution in [0, 0.1) is 19.7 Å². The molecule has 0 saturated heterocycles. The van der Waals surface area contributed by atoms with Gasteiger partial charge in [-0.05, 0) is 49.9 Å². The summed E-state index contributed by atoms with van der Waals surface area (Å²) in [5.41, 5.74) is 5.24. The molecule has 30 heavy (non-hydrogen) atoms. The first-order chi connectivity index (χ1) is 14.5. The number of rotatable bonds is 7. The summed E-state index contributed by atoms with van der Waals surface area (Å²) in [7, 11) is 0. The Morgan fingerprint density at radius 3 is 2.43 bits per heavy atom. The number of aryl methyl sites for hydroxylation is 1. The molecular weight excluding hydrogens is 379 g/mol. The highest BCUT2D eigenvalue weighted by atomic mass is 19.1. The minimum atomic E-state index is -0.237. The lowest BCUT2D eigenvalue weighted by Gasteiger charge is -2.17. The Bertz CT molecular complexity index is 1020. The fourth-order valence-corrected chi connectivity index (χ4v) is 3.90. The molecule has 0 unspecified atom stereocenters. The molecule has 6 heteroatoms. The van der Waals surface area contributed by atoms with Crippen LogP contribution < -0.4 is 10.6 Å². The number of carbonyl (C=O) groups is 1. The zero-order valence-electron chi connectivity index (χ0n) is 17.4. The highest BCUT2D eigenvalue weighted by Crippen LogP contribution is 2.47. The Balaban J connectivity index is 1.32. The van der Waals surface area contributed by atoms with Gasteiger partial charge in [0.15, 0.2) is 0 Å². The van der Waals surface area contributed by atoms with Crippen LogP contribution in [-0.4, -0.2) is 22.4 Å². The molecule has 0 aliphatic heterocycles. The Morgan fingerprint density at radius 2 is 1.77 bits per heavy atom. The first kappa shape index (κ1) is 20.1. The molecule has 1 saturated carbocycles. The average Bonchev–Trinajstić information content (AvgIpc) is 3.49. The van der Waals surface area contributed by atoms with E-state index in [-0.39, 0.29) is 17.3 Å². The van der Waals surface area contributed by atoms with Gasteiger partial charge in [-0.2, -0.15) is 5.10 Å². The maximum Gasteiger partial charge on any atom is 0.315 e. The van der Waals surface area contributed by atoms with Gasteiger partial charge in [0, 0.05) is 29.8 Å². The molecule has 1 aliphatic rings. The standard InChI is InChI=1S/C24H27FN4O/c1-17-22(18(2)29(28-17)15-19-6-4-3-5-7-19)14-26-23(30)27-16-24(12-13-24)20-8-10-21(25)11-9-20/h3-11H,12-16H2,1-2H3,(H2,26,27,30). The molecule has 1 aliphatic carbocycles. The molecule has 2 aromatic carbocycles. The molecule has 0 radical (unpaired) electrons. The minimum absolute atomic E-state index is 0.0581. The molecule has 3 aromatic rings. The first-order valence-corrected chi connectivity index (χ1v) is 10.3. The molecule has 2 amide bonds. The average molecular weight is 407 g/mol. The van der Waals surface area contributed by atoms with Gasteiger partial charge in [-0.1, -0.05) is 42.5 Å². The summed E-state index contributed by atoms with van der Waals surface area (Å²) in [5, 5.41) is 10.6. The van der Waals surface area contributed by atoms with E-state index in [1.54, 1.807) is 0 Å². The number of hydrogen-bond donors (Lipinski definition) is 2. The van der Waals surface area contributed by atoms with E-state index in [1.807, 2.05) is 48.9 Å². The molecule has 1 aromatic heterocycles. The zero-order valence-corrected chi connectivity index (χ0v) is 17.4. The second-order valence-corrected chi connectivity index (χ2v) is 8.12. The van der Waals surface area contributed by atoms with Crippen molar-refractivity contribution in [1.29, 1.82) is 0 Å². The van der Waals surface area contributed by atoms with Crippen LogP contribution in [0.1, 0.15) is 40.9 Å². The normalized spacial score (nSPS) is 14.4. The number of carbonyl (C=O) groups excluding carboxylic acids is 1. The van der Waals surface area contributed by atoms with Gasteiger partial charge in [-0.15, -0.1) is 0 Å². The van der Waals surface area contributed by atoms with E-state index in [1.165, 1.54) is 17.7 Å². The summed E-state index contributed by atoms with van der Waals surface area (Å²) in [6.07, 6.45) is 2.01. The topological polar surface area (TPSA) is 59.0 Å². The highest BCUT2D eigenvalue weighted by molar-refractivity contribution is 5.74. The molecule has 5 nitrogen and oxygen atoms in total. The van der Waals surface area contributed by atoms with E-state index >= 15 is 0 Å². The maximum absolute atomic E-state index is 13.2. The van der Waals surface area contributed by atoms with E-state index in [9.17, 15) is 9.18 Å². The number of amides is 2. The predicted octanol–water partition coefficient (Wildman–Crippen LogP) is 4.22. The minimum Gasteiger partial charge on any atom is -0.337 e. The molecule has 2 N–H and O–H groups in total. The van der Waals surface area contributed by atoms with Crippen molar-refractivity contribution in [2.45, 2.75) is 45.2 Å². The van der Waals surface area contributed by atoms with Crippen molar-refractivity contribution in [3.05, 3.63) is 88.5 Å². The SMILES string of the molecule is Cc1nn(Cc2ccccc2)c(C)c1CNC(=O)NCC1(c2ccc(F)cc2)CC1. The van der Waals surface area contributed by atoms with Crippen molar-refractivity contribution < 1.29 is 9.18 Å². The summed E-state index contributed by atoms with van der Waals surface area (Å²) in [4.78, 5) is 12.4. The van der Waals surface area contributed by atoms with Crippen LogP contribution in [-0.2, 0) is 18.5 Å². The number of halogens is 1. The second-order valence-electron chi connectivity index (χ2n) is 8.12. The largest absolute Gasteiger partial charge is 0.337 e. The van der Waals surface area contributed by atoms with E-state index in [0.29, 0.717) is 19.6 Å². The van der Waals surface area contributed by atoms with Crippen LogP contribution in [0.25, 0.3) is 0 Å². The lowest BCUT2D eigenvalue weighted by Crippen LogP contribution is -2.39. The van der Waals surface area contributed by atoms with E-state index < -0.39 is 0 Å². The summed E-state index contributed by atoms with van der Waals surface area (Å²) >= 11 is 0. The molecular formula is C24H27FN4O. The first-order valence-electron chi connectivity index (χ1n) is 10.3. The Morgan fingerprint density at radius 1 is 1.07 bits per heavy atom. The van der Waals surface area contributed by atoms with Crippen LogP contribution in [0.2, 0.25) is 0 Å². The fourth-order valence-electron chi connectivity index (χ4n) is 3.90. The number of aromatic nitrogens is 2. The zero-order chi connectivity index (χ0) is 21.1. The Kier molecular flexibility index (Phi) is 5.57. The monoisotopic (exact) mass is 406 g/mol. The van der Waals surface area contributed by atoms with Crippen molar-refractivity contribution in [3.8, 4) is 0 Å². The second kappa shape index (κ2) is 8.30. The van der Waals surface area contributed by atoms with Crippen LogP contribution in [0.3, 0.4) is 0 Å². The van der Waals surface area contributed by atoms with E-state index in [0.717, 1.165) is 35.4 Å². The lowest BCUT2D eigenvalue weighted by atomic mass is 9.96. The van der Waals surface area contributed by atoms with Crippen molar-refractivity contribution >= 4 is 6.03 Å². The van der Waals surface area contributed by atoms with Gasteiger partial charge in [0.1, 0.15) is 5.82 Å². The van der Waals surface area contributed by atoms with Crippen molar-refractivity contribution in [2.24, 2.45) is 0 Å². The molecule has 1 heterocycles. The van der Waals surface area contributed by atoms with Gasteiger partial charge in [0.2, 0.25) is 0 Å². The third-order valence-corrected chi connectivity index (χ3v) is 6.03. The van der Waals surface area contributed by atoms with Crippen LogP contribution in [0.15, 0.2) is 54.6 Å². The van der Waals surface area contributed by atoms with Crippen molar-refractivity contribution in [2.75, 3.05) is 6.54 Å². The smallest absolute Gasteiger partial charge is 0.315 e. The van der Waals surface area contributed by atoms with Gasteiger partial charge in [-0.25, -0.2) is 9.18 Å². The fraction of sp³-hybridized carbons (Fsp3) is 0.333. The van der Waals surface area contributed by atoms with Crippen LogP contribution in [0.5, 0.6) is 0 Å². The number of nitrogens with one attached hydrogen (secondary N) is 2. The molecule has 0 atom stereocenters. The number of hydrogen-bond acceptors (Lipinski definition) is 2. The van der Waals surface area contributed by atoms with Crippen molar-refractivity contribution in [3.63, 3.8) is 0 Å². The van der Waals surface area contributed by atoms with Gasteiger partial charge in [-0.3, -0.25) is 4.68 Å². The molecule has 1 fully saturated rings. The summed E-state index contributed by atoms with van der Waals surface area (Å²) < 4.78 is 15.2. The van der Waals surface area contributed by atoms with Crippen molar-refractivity contribution in [1.82, 2.24) is 20.4 Å². The molecule has 156 valence electrons. The van der Waals surface area contributed by atoms with Gasteiger partial charge in [0.05, 0.1) is 12.2 Å². The van der Waals surface area contributed by atoms with Crippen LogP contribution >= 0.6 is 0 Å². The third kappa shape index (κ3) is 4.37. The predicted molar refractivity (Wildman–Crippen MR) is 115 cm³/mol. The summed E-state index contributed by atoms with van der Waals surface area (Å²) in [5.74, 6) is -0.237. The highest BCUT2D eigenvalue weighted by Gasteiger charge is 2.44. The third-order valence-electron chi connectivity index (χ3n) is 6.03. The van der Waals surface area contributed by atoms with Gasteiger partial charge < -0.3 is 10.6 Å². The Hall–Kier alpha value is -3.15. The molecule has 0 spiro atoms.